The molecule has 0 saturated heterocycles. The molecule has 2 aromatic rings. The maximum atomic E-state index is 5.90. The fourth-order valence-corrected chi connectivity index (χ4v) is 2.77. The predicted molar refractivity (Wildman–Crippen MR) is 110 cm³/mol. The normalized spacial score (nSPS) is 9.92. The van der Waals surface area contributed by atoms with Crippen LogP contribution >= 0.6 is 0 Å². The Balaban J connectivity index is 0.000000257. The monoisotopic (exact) mass is 340 g/mol. The topological polar surface area (TPSA) is 90.4 Å². The Morgan fingerprint density at radius 1 is 0.720 bits per heavy atom. The molecule has 0 radical (unpaired) electrons. The van der Waals surface area contributed by atoms with Crippen molar-refractivity contribution in [3.63, 3.8) is 0 Å². The van der Waals surface area contributed by atoms with E-state index in [0.717, 1.165) is 37.1 Å². The summed E-state index contributed by atoms with van der Waals surface area (Å²) in [6.07, 6.45) is 3.94. The van der Waals surface area contributed by atoms with Gasteiger partial charge in [0, 0.05) is 5.69 Å². The molecule has 0 heterocycles. The minimum Gasteiger partial charge on any atom is -0.398 e. The zero-order chi connectivity index (χ0) is 18.8. The van der Waals surface area contributed by atoms with Crippen molar-refractivity contribution in [3.05, 3.63) is 58.7 Å². The third-order valence-electron chi connectivity index (χ3n) is 4.25. The molecule has 0 aromatic heterocycles. The summed E-state index contributed by atoms with van der Waals surface area (Å²) in [6.45, 7) is 8.46. The van der Waals surface area contributed by atoms with Gasteiger partial charge in [-0.25, -0.2) is 4.99 Å². The summed E-state index contributed by atoms with van der Waals surface area (Å²) in [5.41, 5.74) is 23.5. The molecule has 4 nitrogen and oxygen atoms in total. The van der Waals surface area contributed by atoms with Gasteiger partial charge < -0.3 is 17.2 Å². The Morgan fingerprint density at radius 3 is 1.40 bits per heavy atom. The number of rotatable bonds is 5. The summed E-state index contributed by atoms with van der Waals surface area (Å²) in [7, 11) is 0. The first kappa shape index (κ1) is 20.6. The van der Waals surface area contributed by atoms with Crippen LogP contribution < -0.4 is 17.2 Å². The van der Waals surface area contributed by atoms with E-state index in [4.69, 9.17) is 17.2 Å². The number of hydrogen-bond donors (Lipinski definition) is 3. The number of para-hydroxylation sites is 2. The lowest BCUT2D eigenvalue weighted by Crippen LogP contribution is -2.22. The molecule has 0 fully saturated rings. The number of anilines is 1. The van der Waals surface area contributed by atoms with E-state index >= 15 is 0 Å². The zero-order valence-corrected chi connectivity index (χ0v) is 16.0. The lowest BCUT2D eigenvalue weighted by Gasteiger charge is -2.08. The summed E-state index contributed by atoms with van der Waals surface area (Å²) >= 11 is 0. The summed E-state index contributed by atoms with van der Waals surface area (Å²) in [6, 6.07) is 12.4. The number of benzene rings is 2. The van der Waals surface area contributed by atoms with E-state index in [2.05, 4.69) is 63.0 Å². The van der Waals surface area contributed by atoms with Crippen molar-refractivity contribution >= 4 is 17.3 Å². The van der Waals surface area contributed by atoms with Gasteiger partial charge in [0.15, 0.2) is 5.96 Å². The minimum absolute atomic E-state index is 0.126. The molecule has 4 heteroatoms. The highest BCUT2D eigenvalue weighted by molar-refractivity contribution is 5.80. The Bertz CT molecular complexity index is 657. The van der Waals surface area contributed by atoms with Gasteiger partial charge in [-0.15, -0.1) is 0 Å². The van der Waals surface area contributed by atoms with Crippen LogP contribution in [0.3, 0.4) is 0 Å². The smallest absolute Gasteiger partial charge is 0.191 e. The minimum atomic E-state index is 0.126. The highest BCUT2D eigenvalue weighted by Crippen LogP contribution is 2.25. The van der Waals surface area contributed by atoms with Crippen LogP contribution in [0.2, 0.25) is 0 Å². The summed E-state index contributed by atoms with van der Waals surface area (Å²) < 4.78 is 0. The fraction of sp³-hybridized carbons (Fsp3) is 0.381. The van der Waals surface area contributed by atoms with Gasteiger partial charge in [-0.3, -0.25) is 0 Å². The Kier molecular flexibility index (Phi) is 8.54. The average molecular weight is 341 g/mol. The second kappa shape index (κ2) is 10.4. The molecular formula is C21H32N4. The number of nitrogen functional groups attached to an aromatic ring is 1. The first-order valence-corrected chi connectivity index (χ1v) is 9.04. The largest absolute Gasteiger partial charge is 0.398 e. The van der Waals surface area contributed by atoms with Crippen molar-refractivity contribution in [3.8, 4) is 0 Å². The predicted octanol–water partition coefficient (Wildman–Crippen LogP) is 4.11. The molecule has 25 heavy (non-hydrogen) atoms. The average Bonchev–Trinajstić information content (AvgIpc) is 2.62. The second-order valence-electron chi connectivity index (χ2n) is 5.87. The van der Waals surface area contributed by atoms with E-state index in [-0.39, 0.29) is 5.96 Å². The van der Waals surface area contributed by atoms with Crippen LogP contribution in [-0.4, -0.2) is 5.96 Å². The van der Waals surface area contributed by atoms with Gasteiger partial charge in [0.05, 0.1) is 5.69 Å². The van der Waals surface area contributed by atoms with Crippen molar-refractivity contribution < 1.29 is 0 Å². The van der Waals surface area contributed by atoms with Gasteiger partial charge in [0.1, 0.15) is 0 Å². The van der Waals surface area contributed by atoms with Crippen LogP contribution in [-0.2, 0) is 25.7 Å². The lowest BCUT2D eigenvalue weighted by molar-refractivity contribution is 1.08. The van der Waals surface area contributed by atoms with Crippen LogP contribution in [0.4, 0.5) is 11.4 Å². The second-order valence-corrected chi connectivity index (χ2v) is 5.87. The van der Waals surface area contributed by atoms with Crippen molar-refractivity contribution in [2.24, 2.45) is 16.5 Å². The standard InChI is InChI=1S/C11H17N3.C10H15N/c1-3-8-6-5-7-9(4-2)10(8)14-11(12)13;1-3-8-6-5-7-9(4-2)10(8)11/h5-7H,3-4H2,1-2H3,(H4,12,13,14);5-7H,3-4,11H2,1-2H3. The molecule has 0 aliphatic heterocycles. The quantitative estimate of drug-likeness (QED) is 0.434. The maximum Gasteiger partial charge on any atom is 0.191 e. The third kappa shape index (κ3) is 5.82. The van der Waals surface area contributed by atoms with E-state index < -0.39 is 0 Å². The third-order valence-corrected chi connectivity index (χ3v) is 4.25. The highest BCUT2D eigenvalue weighted by Gasteiger charge is 2.04. The molecule has 0 saturated carbocycles. The van der Waals surface area contributed by atoms with Gasteiger partial charge in [-0.2, -0.15) is 0 Å². The lowest BCUT2D eigenvalue weighted by atomic mass is 10.0. The molecule has 136 valence electrons. The van der Waals surface area contributed by atoms with Crippen molar-refractivity contribution in [2.45, 2.75) is 53.4 Å². The van der Waals surface area contributed by atoms with Gasteiger partial charge in [0.2, 0.25) is 0 Å². The van der Waals surface area contributed by atoms with Crippen molar-refractivity contribution in [1.82, 2.24) is 0 Å². The molecular weight excluding hydrogens is 308 g/mol. The molecule has 0 aliphatic carbocycles. The molecule has 0 unspecified atom stereocenters. The Labute approximate surface area is 152 Å². The van der Waals surface area contributed by atoms with E-state index in [0.29, 0.717) is 0 Å². The number of nitrogens with two attached hydrogens (primary N) is 3. The molecule has 2 aromatic carbocycles. The molecule has 0 atom stereocenters. The van der Waals surface area contributed by atoms with Gasteiger partial charge in [0.25, 0.3) is 0 Å². The summed E-state index contributed by atoms with van der Waals surface area (Å²) in [5.74, 6) is 0.126. The molecule has 6 N–H and O–H groups in total. The number of hydrogen-bond acceptors (Lipinski definition) is 2. The number of nitrogens with zero attached hydrogens (tertiary/aromatic N) is 1. The number of aryl methyl sites for hydroxylation is 4. The van der Waals surface area contributed by atoms with Gasteiger partial charge in [-0.05, 0) is 47.9 Å². The fourth-order valence-electron chi connectivity index (χ4n) is 2.77. The van der Waals surface area contributed by atoms with Crippen molar-refractivity contribution in [2.75, 3.05) is 5.73 Å². The molecule has 2 rings (SSSR count). The highest BCUT2D eigenvalue weighted by atomic mass is 15.0. The van der Waals surface area contributed by atoms with E-state index in [9.17, 15) is 0 Å². The molecule has 0 aliphatic rings. The summed E-state index contributed by atoms with van der Waals surface area (Å²) in [5, 5.41) is 0. The van der Waals surface area contributed by atoms with Crippen LogP contribution in [0, 0.1) is 0 Å². The van der Waals surface area contributed by atoms with Crippen LogP contribution in [0.5, 0.6) is 0 Å². The van der Waals surface area contributed by atoms with E-state index in [1.165, 1.54) is 22.3 Å². The maximum absolute atomic E-state index is 5.90. The van der Waals surface area contributed by atoms with E-state index in [1.54, 1.807) is 0 Å². The van der Waals surface area contributed by atoms with Crippen molar-refractivity contribution in [1.29, 1.82) is 0 Å². The number of aliphatic imine (C=N–C) groups is 1. The molecule has 0 spiro atoms. The first-order chi connectivity index (χ1) is 12.0. The summed E-state index contributed by atoms with van der Waals surface area (Å²) in [4.78, 5) is 4.17. The van der Waals surface area contributed by atoms with Crippen LogP contribution in [0.25, 0.3) is 0 Å². The van der Waals surface area contributed by atoms with Gasteiger partial charge >= 0.3 is 0 Å². The first-order valence-electron chi connectivity index (χ1n) is 9.04. The van der Waals surface area contributed by atoms with Crippen LogP contribution in [0.15, 0.2) is 41.4 Å². The zero-order valence-electron chi connectivity index (χ0n) is 16.0. The van der Waals surface area contributed by atoms with E-state index in [1.807, 2.05) is 6.07 Å². The Morgan fingerprint density at radius 2 is 1.08 bits per heavy atom. The molecule has 0 amide bonds. The SMILES string of the molecule is CCc1cccc(CC)c1N.CCc1cccc(CC)c1N=C(N)N. The van der Waals surface area contributed by atoms with Crippen LogP contribution in [0.1, 0.15) is 49.9 Å². The molecule has 0 bridgehead atoms. The van der Waals surface area contributed by atoms with Gasteiger partial charge in [-0.1, -0.05) is 64.1 Å². The Hall–Kier alpha value is -2.49. The number of guanidine groups is 1.